The minimum atomic E-state index is -0.000995. The van der Waals surface area contributed by atoms with Gasteiger partial charge in [-0.2, -0.15) is 0 Å². The van der Waals surface area contributed by atoms with Crippen LogP contribution >= 0.6 is 0 Å². The first-order valence-electron chi connectivity index (χ1n) is 6.52. The van der Waals surface area contributed by atoms with Gasteiger partial charge in [-0.05, 0) is 33.0 Å². The van der Waals surface area contributed by atoms with E-state index in [0.717, 1.165) is 19.6 Å². The van der Waals surface area contributed by atoms with E-state index in [1.165, 1.54) is 0 Å². The Balaban J connectivity index is 2.21. The molecule has 0 radical (unpaired) electrons. The average molecular weight is 262 g/mol. The Labute approximate surface area is 114 Å². The van der Waals surface area contributed by atoms with E-state index in [1.54, 1.807) is 0 Å². The van der Waals surface area contributed by atoms with Gasteiger partial charge >= 0.3 is 0 Å². The third-order valence-corrected chi connectivity index (χ3v) is 3.92. The van der Waals surface area contributed by atoms with Gasteiger partial charge in [0.1, 0.15) is 0 Å². The summed E-state index contributed by atoms with van der Waals surface area (Å²) in [6, 6.07) is 7.34. The number of nitrogen functional groups attached to an aromatic ring is 1. The van der Waals surface area contributed by atoms with E-state index in [2.05, 4.69) is 31.2 Å². The van der Waals surface area contributed by atoms with E-state index in [-0.39, 0.29) is 11.4 Å². The van der Waals surface area contributed by atoms with Gasteiger partial charge in [0.05, 0.1) is 11.3 Å². The largest absolute Gasteiger partial charge is 0.335 e. The molecule has 0 aromatic heterocycles. The highest BCUT2D eigenvalue weighted by Crippen LogP contribution is 2.22. The smallest absolute Gasteiger partial charge is 0.256 e. The van der Waals surface area contributed by atoms with Crippen molar-refractivity contribution in [3.8, 4) is 0 Å². The van der Waals surface area contributed by atoms with Crippen LogP contribution in [-0.4, -0.2) is 47.9 Å². The van der Waals surface area contributed by atoms with Crippen LogP contribution in [0.2, 0.25) is 0 Å². The standard InChI is InChI=1S/C14H22N4O/c1-14(2)10-18(9-8-17(14)3)13(19)11-6-4-5-7-12(11)16-15/h4-7,16H,8-10,15H2,1-3H3. The molecule has 3 N–H and O–H groups in total. The van der Waals surface area contributed by atoms with Crippen molar-refractivity contribution in [2.45, 2.75) is 19.4 Å². The molecule has 0 saturated carbocycles. The molecule has 0 spiro atoms. The molecule has 1 amide bonds. The summed E-state index contributed by atoms with van der Waals surface area (Å²) < 4.78 is 0. The number of anilines is 1. The lowest BCUT2D eigenvalue weighted by Gasteiger charge is -2.45. The number of hydrogen-bond donors (Lipinski definition) is 2. The molecule has 1 saturated heterocycles. The number of hydrogen-bond acceptors (Lipinski definition) is 4. The quantitative estimate of drug-likeness (QED) is 0.620. The number of amides is 1. The minimum absolute atomic E-state index is 0.000995. The maximum Gasteiger partial charge on any atom is 0.256 e. The van der Waals surface area contributed by atoms with E-state index in [0.29, 0.717) is 11.3 Å². The molecule has 1 fully saturated rings. The molecule has 1 aromatic carbocycles. The maximum absolute atomic E-state index is 12.6. The van der Waals surface area contributed by atoms with Crippen LogP contribution in [0, 0.1) is 0 Å². The monoisotopic (exact) mass is 262 g/mol. The first-order valence-corrected chi connectivity index (χ1v) is 6.52. The third-order valence-electron chi connectivity index (χ3n) is 3.92. The number of nitrogens with one attached hydrogen (secondary N) is 1. The van der Waals surface area contributed by atoms with Crippen LogP contribution in [-0.2, 0) is 0 Å². The molecule has 0 bridgehead atoms. The number of benzene rings is 1. The highest BCUT2D eigenvalue weighted by molar-refractivity contribution is 5.99. The molecule has 5 nitrogen and oxygen atoms in total. The molecule has 19 heavy (non-hydrogen) atoms. The third kappa shape index (κ3) is 2.72. The van der Waals surface area contributed by atoms with Gasteiger partial charge in [0, 0.05) is 25.2 Å². The predicted molar refractivity (Wildman–Crippen MR) is 76.9 cm³/mol. The van der Waals surface area contributed by atoms with Gasteiger partial charge in [0.15, 0.2) is 0 Å². The van der Waals surface area contributed by atoms with Crippen molar-refractivity contribution in [1.29, 1.82) is 0 Å². The first kappa shape index (κ1) is 13.8. The number of piperazine rings is 1. The van der Waals surface area contributed by atoms with Gasteiger partial charge in [0.25, 0.3) is 5.91 Å². The lowest BCUT2D eigenvalue weighted by molar-refractivity contribution is 0.0312. The zero-order valence-corrected chi connectivity index (χ0v) is 11.8. The average Bonchev–Trinajstić information content (AvgIpc) is 2.41. The molecular weight excluding hydrogens is 240 g/mol. The predicted octanol–water partition coefficient (Wildman–Crippen LogP) is 1.14. The Hall–Kier alpha value is -1.59. The molecule has 0 atom stereocenters. The van der Waals surface area contributed by atoms with Crippen molar-refractivity contribution >= 4 is 11.6 Å². The molecule has 104 valence electrons. The van der Waals surface area contributed by atoms with Crippen LogP contribution in [0.5, 0.6) is 0 Å². The van der Waals surface area contributed by atoms with Crippen molar-refractivity contribution < 1.29 is 4.79 Å². The molecule has 0 aliphatic carbocycles. The first-order chi connectivity index (χ1) is 8.95. The minimum Gasteiger partial charge on any atom is -0.335 e. The second kappa shape index (κ2) is 5.19. The van der Waals surface area contributed by atoms with Gasteiger partial charge < -0.3 is 10.3 Å². The molecule has 0 unspecified atom stereocenters. The van der Waals surface area contributed by atoms with Crippen LogP contribution in [0.15, 0.2) is 24.3 Å². The van der Waals surface area contributed by atoms with Crippen molar-refractivity contribution in [1.82, 2.24) is 9.80 Å². The Morgan fingerprint density at radius 1 is 1.32 bits per heavy atom. The van der Waals surface area contributed by atoms with Gasteiger partial charge in [-0.1, -0.05) is 12.1 Å². The van der Waals surface area contributed by atoms with Crippen LogP contribution < -0.4 is 11.3 Å². The molecule has 1 aromatic rings. The molecule has 1 heterocycles. The Kier molecular flexibility index (Phi) is 3.78. The number of carbonyl (C=O) groups is 1. The number of carbonyl (C=O) groups excluding carboxylic acids is 1. The van der Waals surface area contributed by atoms with E-state index in [9.17, 15) is 4.79 Å². The van der Waals surface area contributed by atoms with E-state index in [1.807, 2.05) is 29.2 Å². The molecule has 5 heteroatoms. The summed E-state index contributed by atoms with van der Waals surface area (Å²) in [5.74, 6) is 5.50. The summed E-state index contributed by atoms with van der Waals surface area (Å²) in [6.07, 6.45) is 0. The van der Waals surface area contributed by atoms with E-state index in [4.69, 9.17) is 5.84 Å². The number of hydrazine groups is 1. The van der Waals surface area contributed by atoms with E-state index >= 15 is 0 Å². The highest BCUT2D eigenvalue weighted by Gasteiger charge is 2.33. The molecule has 1 aliphatic heterocycles. The fraction of sp³-hybridized carbons (Fsp3) is 0.500. The number of nitrogens with two attached hydrogens (primary N) is 1. The van der Waals surface area contributed by atoms with Crippen LogP contribution in [0.3, 0.4) is 0 Å². The van der Waals surface area contributed by atoms with Crippen molar-refractivity contribution in [2.75, 3.05) is 32.1 Å². The van der Waals surface area contributed by atoms with Gasteiger partial charge in [0.2, 0.25) is 0 Å². The van der Waals surface area contributed by atoms with E-state index < -0.39 is 0 Å². The summed E-state index contributed by atoms with van der Waals surface area (Å²) in [5.41, 5.74) is 3.89. The Morgan fingerprint density at radius 3 is 2.63 bits per heavy atom. The van der Waals surface area contributed by atoms with Crippen molar-refractivity contribution in [3.63, 3.8) is 0 Å². The number of para-hydroxylation sites is 1. The SMILES string of the molecule is CN1CCN(C(=O)c2ccccc2NN)CC1(C)C. The molecular formula is C14H22N4O. The molecule has 1 aliphatic rings. The number of nitrogens with zero attached hydrogens (tertiary/aromatic N) is 2. The van der Waals surface area contributed by atoms with Crippen LogP contribution in [0.4, 0.5) is 5.69 Å². The van der Waals surface area contributed by atoms with Crippen molar-refractivity contribution in [2.24, 2.45) is 5.84 Å². The lowest BCUT2D eigenvalue weighted by Crippen LogP contribution is -2.58. The summed E-state index contributed by atoms with van der Waals surface area (Å²) in [4.78, 5) is 16.8. The summed E-state index contributed by atoms with van der Waals surface area (Å²) in [6.45, 7) is 6.66. The Bertz CT molecular complexity index is 472. The normalized spacial score (nSPS) is 19.3. The van der Waals surface area contributed by atoms with Crippen LogP contribution in [0.1, 0.15) is 24.2 Å². The summed E-state index contributed by atoms with van der Waals surface area (Å²) >= 11 is 0. The highest BCUT2D eigenvalue weighted by atomic mass is 16.2. The second-order valence-electron chi connectivity index (χ2n) is 5.65. The molecule has 2 rings (SSSR count). The van der Waals surface area contributed by atoms with Crippen molar-refractivity contribution in [3.05, 3.63) is 29.8 Å². The Morgan fingerprint density at radius 2 is 2.00 bits per heavy atom. The zero-order chi connectivity index (χ0) is 14.0. The maximum atomic E-state index is 12.6. The van der Waals surface area contributed by atoms with Crippen LogP contribution in [0.25, 0.3) is 0 Å². The van der Waals surface area contributed by atoms with Gasteiger partial charge in [-0.15, -0.1) is 0 Å². The number of rotatable bonds is 2. The second-order valence-corrected chi connectivity index (χ2v) is 5.65. The number of likely N-dealkylation sites (N-methyl/N-ethyl adjacent to an activating group) is 1. The fourth-order valence-electron chi connectivity index (χ4n) is 2.38. The topological polar surface area (TPSA) is 61.6 Å². The fourth-order valence-corrected chi connectivity index (χ4v) is 2.38. The zero-order valence-electron chi connectivity index (χ0n) is 11.8. The summed E-state index contributed by atoms with van der Waals surface area (Å²) in [7, 11) is 2.09. The summed E-state index contributed by atoms with van der Waals surface area (Å²) in [5, 5.41) is 0. The van der Waals surface area contributed by atoms with Gasteiger partial charge in [-0.25, -0.2) is 0 Å². The van der Waals surface area contributed by atoms with Gasteiger partial charge in [-0.3, -0.25) is 15.5 Å². The lowest BCUT2D eigenvalue weighted by atomic mass is 9.99.